The van der Waals surface area contributed by atoms with Crippen molar-refractivity contribution in [3.05, 3.63) is 50.1 Å². The van der Waals surface area contributed by atoms with E-state index in [1.165, 1.54) is 0 Å². The lowest BCUT2D eigenvalue weighted by Gasteiger charge is -2.06. The van der Waals surface area contributed by atoms with Crippen LogP contribution in [-0.4, -0.2) is 5.91 Å². The number of carbonyl (C=O) groups is 1. The van der Waals surface area contributed by atoms with Crippen LogP contribution in [0.4, 0.5) is 5.69 Å². The first-order chi connectivity index (χ1) is 8.58. The fraction of sp³-hybridized carbons (Fsp3) is 0.154. The Bertz CT molecular complexity index is 580. The largest absolute Gasteiger partial charge is 0.398 e. The minimum atomic E-state index is -0.109. The molecule has 94 valence electrons. The second kappa shape index (κ2) is 5.54. The van der Waals surface area contributed by atoms with E-state index in [0.717, 1.165) is 14.9 Å². The normalized spacial score (nSPS) is 10.3. The molecule has 0 radical (unpaired) electrons. The second-order valence-corrected chi connectivity index (χ2v) is 5.80. The SMILES string of the molecule is Cc1ccc(C(=O)NCc2sccc2Br)cc1N. The lowest BCUT2D eigenvalue weighted by molar-refractivity contribution is 0.0951. The molecule has 1 aromatic carbocycles. The van der Waals surface area contributed by atoms with Gasteiger partial charge in [-0.1, -0.05) is 6.07 Å². The van der Waals surface area contributed by atoms with Gasteiger partial charge in [-0.15, -0.1) is 11.3 Å². The maximum atomic E-state index is 11.9. The van der Waals surface area contributed by atoms with Gasteiger partial charge in [0.15, 0.2) is 0 Å². The topological polar surface area (TPSA) is 55.1 Å². The number of aryl methyl sites for hydroxylation is 1. The van der Waals surface area contributed by atoms with E-state index in [2.05, 4.69) is 21.2 Å². The third-order valence-electron chi connectivity index (χ3n) is 2.64. The van der Waals surface area contributed by atoms with Crippen LogP contribution in [0, 0.1) is 6.92 Å². The summed E-state index contributed by atoms with van der Waals surface area (Å²) in [6.45, 7) is 2.44. The van der Waals surface area contributed by atoms with Crippen LogP contribution in [0.5, 0.6) is 0 Å². The molecule has 0 saturated heterocycles. The summed E-state index contributed by atoms with van der Waals surface area (Å²) in [6, 6.07) is 7.31. The number of hydrogen-bond donors (Lipinski definition) is 2. The lowest BCUT2D eigenvalue weighted by atomic mass is 10.1. The molecule has 0 atom stereocenters. The van der Waals surface area contributed by atoms with Crippen LogP contribution in [-0.2, 0) is 6.54 Å². The highest BCUT2D eigenvalue weighted by Crippen LogP contribution is 2.22. The zero-order valence-electron chi connectivity index (χ0n) is 9.87. The number of hydrogen-bond acceptors (Lipinski definition) is 3. The van der Waals surface area contributed by atoms with Gasteiger partial charge < -0.3 is 11.1 Å². The van der Waals surface area contributed by atoms with Crippen LogP contribution in [0.1, 0.15) is 20.8 Å². The highest BCUT2D eigenvalue weighted by molar-refractivity contribution is 9.10. The number of halogens is 1. The van der Waals surface area contributed by atoms with E-state index in [4.69, 9.17) is 5.73 Å². The van der Waals surface area contributed by atoms with Crippen molar-refractivity contribution >= 4 is 38.9 Å². The smallest absolute Gasteiger partial charge is 0.251 e. The number of nitrogens with one attached hydrogen (secondary N) is 1. The predicted octanol–water partition coefficient (Wildman–Crippen LogP) is 3.33. The summed E-state index contributed by atoms with van der Waals surface area (Å²) in [5.41, 5.74) is 7.99. The van der Waals surface area contributed by atoms with Crippen molar-refractivity contribution in [3.63, 3.8) is 0 Å². The van der Waals surface area contributed by atoms with E-state index < -0.39 is 0 Å². The van der Waals surface area contributed by atoms with Gasteiger partial charge in [0.2, 0.25) is 0 Å². The van der Waals surface area contributed by atoms with E-state index in [9.17, 15) is 4.79 Å². The van der Waals surface area contributed by atoms with Crippen molar-refractivity contribution in [3.8, 4) is 0 Å². The maximum Gasteiger partial charge on any atom is 0.251 e. The van der Waals surface area contributed by atoms with Gasteiger partial charge in [0.05, 0.1) is 6.54 Å². The lowest BCUT2D eigenvalue weighted by Crippen LogP contribution is -2.22. The Morgan fingerprint density at radius 3 is 2.83 bits per heavy atom. The monoisotopic (exact) mass is 324 g/mol. The standard InChI is InChI=1S/C13H13BrN2OS/c1-8-2-3-9(6-11(8)15)13(17)16-7-12-10(14)4-5-18-12/h2-6H,7,15H2,1H3,(H,16,17). The van der Waals surface area contributed by atoms with Crippen LogP contribution in [0.3, 0.4) is 0 Å². The third kappa shape index (κ3) is 2.91. The van der Waals surface area contributed by atoms with Gasteiger partial charge in [-0.2, -0.15) is 0 Å². The molecule has 0 saturated carbocycles. The fourth-order valence-electron chi connectivity index (χ4n) is 1.50. The van der Waals surface area contributed by atoms with Gasteiger partial charge in [0, 0.05) is 20.6 Å². The van der Waals surface area contributed by atoms with E-state index >= 15 is 0 Å². The van der Waals surface area contributed by atoms with Crippen molar-refractivity contribution in [2.45, 2.75) is 13.5 Å². The van der Waals surface area contributed by atoms with Crippen LogP contribution in [0.15, 0.2) is 34.1 Å². The molecule has 1 aromatic heterocycles. The molecule has 3 nitrogen and oxygen atoms in total. The van der Waals surface area contributed by atoms with Crippen molar-refractivity contribution in [2.24, 2.45) is 0 Å². The molecular weight excluding hydrogens is 312 g/mol. The third-order valence-corrected chi connectivity index (χ3v) is 4.57. The molecule has 1 heterocycles. The molecule has 5 heteroatoms. The van der Waals surface area contributed by atoms with Gasteiger partial charge in [-0.05, 0) is 52.0 Å². The number of thiophene rings is 1. The van der Waals surface area contributed by atoms with Crippen LogP contribution in [0.2, 0.25) is 0 Å². The molecule has 2 aromatic rings. The predicted molar refractivity (Wildman–Crippen MR) is 78.8 cm³/mol. The second-order valence-electron chi connectivity index (χ2n) is 3.95. The summed E-state index contributed by atoms with van der Waals surface area (Å²) >= 11 is 5.04. The van der Waals surface area contributed by atoms with E-state index in [1.807, 2.05) is 24.4 Å². The van der Waals surface area contributed by atoms with Gasteiger partial charge in [0.25, 0.3) is 5.91 Å². The Kier molecular flexibility index (Phi) is 4.04. The molecule has 2 rings (SSSR count). The average Bonchev–Trinajstić information content (AvgIpc) is 2.75. The minimum absolute atomic E-state index is 0.109. The zero-order valence-corrected chi connectivity index (χ0v) is 12.3. The summed E-state index contributed by atoms with van der Waals surface area (Å²) in [4.78, 5) is 13.0. The van der Waals surface area contributed by atoms with Crippen molar-refractivity contribution < 1.29 is 4.79 Å². The number of nitrogen functional groups attached to an aromatic ring is 1. The van der Waals surface area contributed by atoms with E-state index in [1.54, 1.807) is 23.5 Å². The molecule has 0 unspecified atom stereocenters. The molecule has 0 fully saturated rings. The Morgan fingerprint density at radius 1 is 1.44 bits per heavy atom. The number of carbonyl (C=O) groups excluding carboxylic acids is 1. The summed E-state index contributed by atoms with van der Waals surface area (Å²) in [5.74, 6) is -0.109. The van der Waals surface area contributed by atoms with Crippen molar-refractivity contribution in [2.75, 3.05) is 5.73 Å². The Hall–Kier alpha value is -1.33. The molecule has 0 spiro atoms. The quantitative estimate of drug-likeness (QED) is 0.851. The van der Waals surface area contributed by atoms with Crippen molar-refractivity contribution in [1.82, 2.24) is 5.32 Å². The first-order valence-electron chi connectivity index (χ1n) is 5.44. The van der Waals surface area contributed by atoms with Gasteiger partial charge in [-0.3, -0.25) is 4.79 Å². The Morgan fingerprint density at radius 2 is 2.22 bits per heavy atom. The average molecular weight is 325 g/mol. The molecule has 18 heavy (non-hydrogen) atoms. The summed E-state index contributed by atoms with van der Waals surface area (Å²) in [5, 5.41) is 4.86. The highest BCUT2D eigenvalue weighted by atomic mass is 79.9. The first-order valence-corrected chi connectivity index (χ1v) is 7.11. The Balaban J connectivity index is 2.04. The molecule has 1 amide bonds. The zero-order chi connectivity index (χ0) is 13.1. The summed E-state index contributed by atoms with van der Waals surface area (Å²) < 4.78 is 1.02. The van der Waals surface area contributed by atoms with Crippen LogP contribution < -0.4 is 11.1 Å². The fourth-order valence-corrected chi connectivity index (χ4v) is 2.93. The number of rotatable bonds is 3. The number of anilines is 1. The first kappa shape index (κ1) is 13.1. The number of nitrogens with two attached hydrogens (primary N) is 1. The summed E-state index contributed by atoms with van der Waals surface area (Å²) in [6.07, 6.45) is 0. The minimum Gasteiger partial charge on any atom is -0.398 e. The highest BCUT2D eigenvalue weighted by Gasteiger charge is 2.08. The van der Waals surface area contributed by atoms with Crippen LogP contribution >= 0.6 is 27.3 Å². The number of amides is 1. The Labute approximate surface area is 118 Å². The molecule has 0 bridgehead atoms. The number of benzene rings is 1. The summed E-state index contributed by atoms with van der Waals surface area (Å²) in [7, 11) is 0. The molecular formula is C13H13BrN2OS. The van der Waals surface area contributed by atoms with Gasteiger partial charge in [-0.25, -0.2) is 0 Å². The van der Waals surface area contributed by atoms with E-state index in [-0.39, 0.29) is 5.91 Å². The molecule has 0 aliphatic carbocycles. The van der Waals surface area contributed by atoms with Crippen molar-refractivity contribution in [1.29, 1.82) is 0 Å². The molecule has 3 N–H and O–H groups in total. The van der Waals surface area contributed by atoms with Gasteiger partial charge >= 0.3 is 0 Å². The van der Waals surface area contributed by atoms with E-state index in [0.29, 0.717) is 17.8 Å². The maximum absolute atomic E-state index is 11.9. The van der Waals surface area contributed by atoms with Gasteiger partial charge in [0.1, 0.15) is 0 Å². The molecule has 0 aliphatic heterocycles. The molecule has 0 aliphatic rings. The van der Waals surface area contributed by atoms with Crippen LogP contribution in [0.25, 0.3) is 0 Å².